The highest BCUT2D eigenvalue weighted by molar-refractivity contribution is 6.15. The van der Waals surface area contributed by atoms with Crippen molar-refractivity contribution in [3.63, 3.8) is 0 Å². The lowest BCUT2D eigenvalue weighted by Gasteiger charge is -2.26. The topological polar surface area (TPSA) is 95.0 Å². The molecule has 3 heterocycles. The number of hydrogen-bond acceptors (Lipinski definition) is 7. The number of phenols is 1. The summed E-state index contributed by atoms with van der Waals surface area (Å²) in [4.78, 5) is 29.3. The van der Waals surface area contributed by atoms with Crippen molar-refractivity contribution in [1.29, 1.82) is 0 Å². The monoisotopic (exact) mass is 415 g/mol. The molecule has 2 aliphatic rings. The largest absolute Gasteiger partial charge is 0.504 e. The second-order valence-corrected chi connectivity index (χ2v) is 7.24. The zero-order valence-electron chi connectivity index (χ0n) is 16.5. The van der Waals surface area contributed by atoms with Gasteiger partial charge in [-0.05, 0) is 47.5 Å². The van der Waals surface area contributed by atoms with Crippen LogP contribution in [0, 0.1) is 0 Å². The van der Waals surface area contributed by atoms with Gasteiger partial charge in [0.25, 0.3) is 0 Å². The summed E-state index contributed by atoms with van der Waals surface area (Å²) < 4.78 is 16.5. The van der Waals surface area contributed by atoms with Crippen LogP contribution in [0.25, 0.3) is 6.08 Å². The van der Waals surface area contributed by atoms with Crippen molar-refractivity contribution in [2.24, 2.45) is 0 Å². The van der Waals surface area contributed by atoms with Gasteiger partial charge < -0.3 is 19.3 Å². The number of benzene rings is 2. The van der Waals surface area contributed by atoms with E-state index in [1.54, 1.807) is 54.9 Å². The Morgan fingerprint density at radius 1 is 1.16 bits per heavy atom. The molecule has 7 nitrogen and oxygen atoms in total. The average Bonchev–Trinajstić information content (AvgIpc) is 3.09. The highest BCUT2D eigenvalue weighted by atomic mass is 16.5. The number of carbonyl (C=O) groups is 2. The van der Waals surface area contributed by atoms with E-state index in [-0.39, 0.29) is 23.7 Å². The number of rotatable bonds is 3. The third-order valence-corrected chi connectivity index (χ3v) is 5.37. The van der Waals surface area contributed by atoms with Crippen LogP contribution in [-0.2, 0) is 4.79 Å². The van der Waals surface area contributed by atoms with Gasteiger partial charge in [0, 0.05) is 23.9 Å². The standard InChI is InChI=1S/C24H17NO6/c1-29-18-6-4-14(10-17(18)26)16-11-21(27)30-19-7-5-15-23(28)20(31-24(15)22(16)19)9-13-3-2-8-25-12-13/h2-10,12,16,26H,11H2,1H3. The first-order valence-corrected chi connectivity index (χ1v) is 9.64. The van der Waals surface area contributed by atoms with Gasteiger partial charge in [0.2, 0.25) is 5.78 Å². The van der Waals surface area contributed by atoms with Crippen molar-refractivity contribution in [3.8, 4) is 23.0 Å². The summed E-state index contributed by atoms with van der Waals surface area (Å²) in [5.41, 5.74) is 2.42. The van der Waals surface area contributed by atoms with Gasteiger partial charge in [-0.3, -0.25) is 14.6 Å². The first-order valence-electron chi connectivity index (χ1n) is 9.64. The van der Waals surface area contributed by atoms with Crippen LogP contribution >= 0.6 is 0 Å². The summed E-state index contributed by atoms with van der Waals surface area (Å²) in [6, 6.07) is 11.7. The van der Waals surface area contributed by atoms with Gasteiger partial charge in [-0.15, -0.1) is 0 Å². The van der Waals surface area contributed by atoms with E-state index in [2.05, 4.69) is 4.98 Å². The van der Waals surface area contributed by atoms with Crippen LogP contribution in [-0.4, -0.2) is 29.0 Å². The Bertz CT molecular complexity index is 1250. The van der Waals surface area contributed by atoms with Crippen LogP contribution in [0.4, 0.5) is 0 Å². The van der Waals surface area contributed by atoms with Gasteiger partial charge in [0.15, 0.2) is 17.3 Å². The van der Waals surface area contributed by atoms with E-state index >= 15 is 0 Å². The number of aromatic nitrogens is 1. The molecule has 0 radical (unpaired) electrons. The summed E-state index contributed by atoms with van der Waals surface area (Å²) in [5.74, 6) is 0.0587. The molecule has 0 saturated carbocycles. The van der Waals surface area contributed by atoms with E-state index in [1.165, 1.54) is 7.11 Å². The summed E-state index contributed by atoms with van der Waals surface area (Å²) >= 11 is 0. The molecule has 0 amide bonds. The van der Waals surface area contributed by atoms with Crippen molar-refractivity contribution >= 4 is 17.8 Å². The number of phenolic OH excluding ortho intramolecular Hbond substituents is 1. The number of pyridine rings is 1. The molecule has 0 aliphatic carbocycles. The van der Waals surface area contributed by atoms with E-state index in [4.69, 9.17) is 14.2 Å². The second-order valence-electron chi connectivity index (χ2n) is 7.24. The van der Waals surface area contributed by atoms with Crippen LogP contribution in [0.15, 0.2) is 60.6 Å². The average molecular weight is 415 g/mol. The molecule has 31 heavy (non-hydrogen) atoms. The molecule has 5 rings (SSSR count). The first kappa shape index (κ1) is 18.9. The molecule has 0 saturated heterocycles. The number of aromatic hydroxyl groups is 1. The van der Waals surface area contributed by atoms with E-state index in [1.807, 2.05) is 6.07 Å². The Morgan fingerprint density at radius 2 is 2.03 bits per heavy atom. The molecule has 1 N–H and O–H groups in total. The maximum absolute atomic E-state index is 13.0. The number of esters is 1. The molecule has 3 aromatic rings. The lowest BCUT2D eigenvalue weighted by molar-refractivity contribution is -0.135. The minimum Gasteiger partial charge on any atom is -0.504 e. The van der Waals surface area contributed by atoms with Crippen LogP contribution in [0.3, 0.4) is 0 Å². The molecule has 2 aliphatic heterocycles. The molecule has 0 spiro atoms. The van der Waals surface area contributed by atoms with Crippen LogP contribution in [0.1, 0.15) is 39.4 Å². The Morgan fingerprint density at radius 3 is 2.77 bits per heavy atom. The van der Waals surface area contributed by atoms with Crippen molar-refractivity contribution in [2.45, 2.75) is 12.3 Å². The van der Waals surface area contributed by atoms with Crippen LogP contribution in [0.5, 0.6) is 23.0 Å². The number of Topliss-reactive ketones (excluding diaryl/α,β-unsaturated/α-hetero) is 1. The number of methoxy groups -OCH3 is 1. The SMILES string of the molecule is COc1ccc(C2CC(=O)Oc3ccc4c(c32)OC(=Cc2cccnc2)C4=O)cc1O. The van der Waals surface area contributed by atoms with Crippen LogP contribution in [0.2, 0.25) is 0 Å². The number of allylic oxidation sites excluding steroid dienone is 1. The fraction of sp³-hybridized carbons (Fsp3) is 0.125. The van der Waals surface area contributed by atoms with Crippen molar-refractivity contribution in [1.82, 2.24) is 4.98 Å². The summed E-state index contributed by atoms with van der Waals surface area (Å²) in [7, 11) is 1.46. The minimum absolute atomic E-state index is 0.0396. The summed E-state index contributed by atoms with van der Waals surface area (Å²) in [5, 5.41) is 10.2. The minimum atomic E-state index is -0.450. The predicted octanol–water partition coefficient (Wildman–Crippen LogP) is 3.85. The zero-order valence-corrected chi connectivity index (χ0v) is 16.5. The predicted molar refractivity (Wildman–Crippen MR) is 110 cm³/mol. The Labute approximate surface area is 177 Å². The Hall–Kier alpha value is -4.13. The van der Waals surface area contributed by atoms with E-state index in [0.717, 1.165) is 5.56 Å². The van der Waals surface area contributed by atoms with Gasteiger partial charge in [0.1, 0.15) is 11.5 Å². The smallest absolute Gasteiger partial charge is 0.312 e. The highest BCUT2D eigenvalue weighted by Crippen LogP contribution is 2.49. The molecule has 0 bridgehead atoms. The van der Waals surface area contributed by atoms with Crippen LogP contribution < -0.4 is 14.2 Å². The van der Waals surface area contributed by atoms with Crippen molar-refractivity contribution in [3.05, 3.63) is 82.9 Å². The van der Waals surface area contributed by atoms with Gasteiger partial charge in [-0.1, -0.05) is 12.1 Å². The number of ketones is 1. The fourth-order valence-electron chi connectivity index (χ4n) is 3.93. The number of ether oxygens (including phenoxy) is 3. The van der Waals surface area contributed by atoms with Crippen molar-refractivity contribution in [2.75, 3.05) is 7.11 Å². The highest BCUT2D eigenvalue weighted by Gasteiger charge is 2.38. The van der Waals surface area contributed by atoms with E-state index < -0.39 is 11.9 Å². The number of nitrogens with zero attached hydrogens (tertiary/aromatic N) is 1. The number of hydrogen-bond donors (Lipinski definition) is 1. The Kier molecular flexibility index (Phi) is 4.43. The molecule has 1 unspecified atom stereocenters. The molecule has 1 aromatic heterocycles. The molecule has 1 atom stereocenters. The molecule has 0 fully saturated rings. The Balaban J connectivity index is 1.62. The molecule has 2 aromatic carbocycles. The van der Waals surface area contributed by atoms with E-state index in [9.17, 15) is 14.7 Å². The lowest BCUT2D eigenvalue weighted by atomic mass is 9.84. The third-order valence-electron chi connectivity index (χ3n) is 5.37. The van der Waals surface area contributed by atoms with Gasteiger partial charge in [-0.2, -0.15) is 0 Å². The maximum Gasteiger partial charge on any atom is 0.312 e. The first-order chi connectivity index (χ1) is 15.0. The van der Waals surface area contributed by atoms with Gasteiger partial charge >= 0.3 is 5.97 Å². The maximum atomic E-state index is 13.0. The second kappa shape index (κ2) is 7.28. The molecule has 154 valence electrons. The van der Waals surface area contributed by atoms with E-state index in [0.29, 0.717) is 33.9 Å². The zero-order chi connectivity index (χ0) is 21.5. The third kappa shape index (κ3) is 3.20. The lowest BCUT2D eigenvalue weighted by Crippen LogP contribution is -2.21. The number of fused-ring (bicyclic) bond motifs is 3. The summed E-state index contributed by atoms with van der Waals surface area (Å²) in [6.07, 6.45) is 4.96. The molecule has 7 heteroatoms. The number of carbonyl (C=O) groups excluding carboxylic acids is 2. The van der Waals surface area contributed by atoms with Crippen molar-refractivity contribution < 1.29 is 28.9 Å². The van der Waals surface area contributed by atoms with Gasteiger partial charge in [0.05, 0.1) is 19.1 Å². The molecular weight excluding hydrogens is 398 g/mol. The normalized spacial score (nSPS) is 18.2. The van der Waals surface area contributed by atoms with Gasteiger partial charge in [-0.25, -0.2) is 0 Å². The summed E-state index contributed by atoms with van der Waals surface area (Å²) in [6.45, 7) is 0. The quantitative estimate of drug-likeness (QED) is 0.394. The molecular formula is C24H17NO6. The fourth-order valence-corrected chi connectivity index (χ4v) is 3.93.